The van der Waals surface area contributed by atoms with Gasteiger partial charge in [-0.1, -0.05) is 18.2 Å². The largest absolute Gasteiger partial charge is 0.493 e. The van der Waals surface area contributed by atoms with Gasteiger partial charge < -0.3 is 14.8 Å². The first-order chi connectivity index (χ1) is 10.7. The molecule has 0 unspecified atom stereocenters. The van der Waals surface area contributed by atoms with E-state index in [9.17, 15) is 0 Å². The number of methoxy groups -OCH3 is 2. The molecule has 0 radical (unpaired) electrons. The molecule has 0 atom stereocenters. The molecule has 1 heterocycles. The number of hydrogen-bond donors (Lipinski definition) is 1. The Morgan fingerprint density at radius 3 is 2.35 bits per heavy atom. The zero-order valence-electron chi connectivity index (χ0n) is 13.3. The average Bonchev–Trinajstić information content (AvgIpc) is 2.56. The number of nitrogens with one attached hydrogen (secondary N) is 1. The Kier molecular flexibility index (Phi) is 5.29. The molecular weight excluding hydrogens is 312 g/mol. The van der Waals surface area contributed by atoms with Crippen LogP contribution in [0.1, 0.15) is 5.56 Å². The van der Waals surface area contributed by atoms with Crippen LogP contribution in [-0.4, -0.2) is 19.2 Å². The maximum atomic E-state index is 5.39. The second-order valence-corrected chi connectivity index (χ2v) is 5.03. The summed E-state index contributed by atoms with van der Waals surface area (Å²) in [6.07, 6.45) is 1.79. The van der Waals surface area contributed by atoms with Crippen LogP contribution in [0.5, 0.6) is 11.5 Å². The minimum Gasteiger partial charge on any atom is -0.493 e. The Labute approximate surface area is 141 Å². The van der Waals surface area contributed by atoms with Crippen LogP contribution in [0, 0.1) is 6.92 Å². The van der Waals surface area contributed by atoms with E-state index in [1.165, 1.54) is 5.56 Å². The number of ether oxygens (including phenoxy) is 2. The number of aryl methyl sites for hydroxylation is 1. The van der Waals surface area contributed by atoms with E-state index < -0.39 is 0 Å². The van der Waals surface area contributed by atoms with Crippen LogP contribution in [0.2, 0.25) is 0 Å². The normalized spacial score (nSPS) is 10.0. The molecule has 0 saturated carbocycles. The fourth-order valence-corrected chi connectivity index (χ4v) is 2.44. The number of nitrogens with zero attached hydrogens (tertiary/aromatic N) is 1. The van der Waals surface area contributed by atoms with Crippen molar-refractivity contribution in [1.29, 1.82) is 0 Å². The third-order valence-electron chi connectivity index (χ3n) is 3.67. The Morgan fingerprint density at radius 1 is 0.957 bits per heavy atom. The number of para-hydroxylation sites is 1. The molecule has 0 saturated heterocycles. The maximum Gasteiger partial charge on any atom is 0.161 e. The topological polar surface area (TPSA) is 43.4 Å². The Hall–Kier alpha value is -2.46. The van der Waals surface area contributed by atoms with Gasteiger partial charge in [-0.3, -0.25) is 0 Å². The minimum atomic E-state index is 0. The van der Waals surface area contributed by atoms with Gasteiger partial charge in [-0.2, -0.15) is 0 Å². The van der Waals surface area contributed by atoms with Crippen molar-refractivity contribution in [3.63, 3.8) is 0 Å². The van der Waals surface area contributed by atoms with E-state index in [0.717, 1.165) is 22.3 Å². The lowest BCUT2D eigenvalue weighted by atomic mass is 10.1. The zero-order chi connectivity index (χ0) is 15.5. The molecule has 1 N–H and O–H groups in total. The predicted molar refractivity (Wildman–Crippen MR) is 96.6 cm³/mol. The SMILES string of the molecule is COc1cc2ccnc(Nc3ccccc3C)c2cc1OC.Cl. The highest BCUT2D eigenvalue weighted by atomic mass is 35.5. The third-order valence-corrected chi connectivity index (χ3v) is 3.67. The van der Waals surface area contributed by atoms with Crippen LogP contribution in [0.3, 0.4) is 0 Å². The molecule has 3 rings (SSSR count). The van der Waals surface area contributed by atoms with E-state index in [-0.39, 0.29) is 12.4 Å². The van der Waals surface area contributed by atoms with Crippen molar-refractivity contribution in [2.75, 3.05) is 19.5 Å². The van der Waals surface area contributed by atoms with E-state index in [2.05, 4.69) is 23.3 Å². The molecule has 2 aromatic carbocycles. The molecular formula is C18H19ClN2O2. The first-order valence-electron chi connectivity index (χ1n) is 7.06. The van der Waals surface area contributed by atoms with Gasteiger partial charge >= 0.3 is 0 Å². The van der Waals surface area contributed by atoms with Gasteiger partial charge in [0.05, 0.1) is 14.2 Å². The standard InChI is InChI=1S/C18H18N2O2.ClH/c1-12-6-4-5-7-15(12)20-18-14-11-17(22-3)16(21-2)10-13(14)8-9-19-18;/h4-11H,1-3H3,(H,19,20);1H. The van der Waals surface area contributed by atoms with Gasteiger partial charge in [-0.05, 0) is 42.1 Å². The quantitative estimate of drug-likeness (QED) is 0.751. The van der Waals surface area contributed by atoms with E-state index in [1.54, 1.807) is 20.4 Å². The Balaban J connectivity index is 0.00000192. The van der Waals surface area contributed by atoms with Crippen molar-refractivity contribution in [3.8, 4) is 11.5 Å². The fourth-order valence-electron chi connectivity index (χ4n) is 2.44. The second-order valence-electron chi connectivity index (χ2n) is 5.03. The van der Waals surface area contributed by atoms with Crippen LogP contribution >= 0.6 is 12.4 Å². The van der Waals surface area contributed by atoms with Crippen molar-refractivity contribution >= 4 is 34.7 Å². The van der Waals surface area contributed by atoms with Gasteiger partial charge in [0.2, 0.25) is 0 Å². The molecule has 4 nitrogen and oxygen atoms in total. The van der Waals surface area contributed by atoms with Crippen molar-refractivity contribution < 1.29 is 9.47 Å². The van der Waals surface area contributed by atoms with Crippen molar-refractivity contribution in [3.05, 3.63) is 54.2 Å². The highest BCUT2D eigenvalue weighted by Gasteiger charge is 2.10. The number of halogens is 1. The molecule has 0 spiro atoms. The first kappa shape index (κ1) is 16.9. The van der Waals surface area contributed by atoms with Crippen molar-refractivity contribution in [2.24, 2.45) is 0 Å². The number of hydrogen-bond acceptors (Lipinski definition) is 4. The summed E-state index contributed by atoms with van der Waals surface area (Å²) in [5.74, 6) is 2.20. The first-order valence-corrected chi connectivity index (χ1v) is 7.06. The summed E-state index contributed by atoms with van der Waals surface area (Å²) in [6.45, 7) is 2.07. The highest BCUT2D eigenvalue weighted by Crippen LogP contribution is 2.35. The molecule has 0 aliphatic rings. The summed E-state index contributed by atoms with van der Waals surface area (Å²) in [5.41, 5.74) is 2.21. The number of aromatic nitrogens is 1. The summed E-state index contributed by atoms with van der Waals surface area (Å²) in [6, 6.07) is 14.0. The van der Waals surface area contributed by atoms with Gasteiger partial charge in [0, 0.05) is 17.3 Å². The van der Waals surface area contributed by atoms with Gasteiger partial charge in [0.25, 0.3) is 0 Å². The molecule has 1 aromatic heterocycles. The molecule has 0 bridgehead atoms. The molecule has 5 heteroatoms. The van der Waals surface area contributed by atoms with Crippen LogP contribution in [0.4, 0.5) is 11.5 Å². The van der Waals surface area contributed by atoms with Crippen molar-refractivity contribution in [1.82, 2.24) is 4.98 Å². The zero-order valence-corrected chi connectivity index (χ0v) is 14.1. The highest BCUT2D eigenvalue weighted by molar-refractivity contribution is 5.95. The summed E-state index contributed by atoms with van der Waals surface area (Å²) in [7, 11) is 3.27. The van der Waals surface area contributed by atoms with E-state index >= 15 is 0 Å². The van der Waals surface area contributed by atoms with E-state index in [0.29, 0.717) is 11.5 Å². The monoisotopic (exact) mass is 330 g/mol. The number of benzene rings is 2. The summed E-state index contributed by atoms with van der Waals surface area (Å²) in [4.78, 5) is 4.47. The van der Waals surface area contributed by atoms with Crippen LogP contribution < -0.4 is 14.8 Å². The number of rotatable bonds is 4. The molecule has 0 amide bonds. The van der Waals surface area contributed by atoms with Crippen LogP contribution in [0.25, 0.3) is 10.8 Å². The van der Waals surface area contributed by atoms with Gasteiger partial charge in [-0.15, -0.1) is 12.4 Å². The fraction of sp³-hybridized carbons (Fsp3) is 0.167. The van der Waals surface area contributed by atoms with Crippen LogP contribution in [-0.2, 0) is 0 Å². The molecule has 0 fully saturated rings. The van der Waals surface area contributed by atoms with Gasteiger partial charge in [0.15, 0.2) is 11.5 Å². The second kappa shape index (κ2) is 7.20. The molecule has 3 aromatic rings. The van der Waals surface area contributed by atoms with Crippen molar-refractivity contribution in [2.45, 2.75) is 6.92 Å². The molecule has 120 valence electrons. The van der Waals surface area contributed by atoms with Gasteiger partial charge in [-0.25, -0.2) is 4.98 Å². The van der Waals surface area contributed by atoms with Gasteiger partial charge in [0.1, 0.15) is 5.82 Å². The molecule has 0 aliphatic heterocycles. The Morgan fingerprint density at radius 2 is 1.65 bits per heavy atom. The van der Waals surface area contributed by atoms with E-state index in [1.807, 2.05) is 36.4 Å². The molecule has 23 heavy (non-hydrogen) atoms. The lowest BCUT2D eigenvalue weighted by molar-refractivity contribution is 0.356. The minimum absolute atomic E-state index is 0. The Bertz CT molecular complexity index is 821. The third kappa shape index (κ3) is 3.32. The summed E-state index contributed by atoms with van der Waals surface area (Å²) in [5, 5.41) is 5.43. The number of pyridine rings is 1. The van der Waals surface area contributed by atoms with Crippen LogP contribution in [0.15, 0.2) is 48.7 Å². The smallest absolute Gasteiger partial charge is 0.161 e. The average molecular weight is 331 g/mol. The number of fused-ring (bicyclic) bond motifs is 1. The predicted octanol–water partition coefficient (Wildman–Crippen LogP) is 4.73. The van der Waals surface area contributed by atoms with E-state index in [4.69, 9.17) is 9.47 Å². The molecule has 0 aliphatic carbocycles. The summed E-state index contributed by atoms with van der Waals surface area (Å²) < 4.78 is 10.7. The maximum absolute atomic E-state index is 5.39. The summed E-state index contributed by atoms with van der Waals surface area (Å²) >= 11 is 0. The lowest BCUT2D eigenvalue weighted by Crippen LogP contribution is -1.97. The lowest BCUT2D eigenvalue weighted by Gasteiger charge is -2.13. The number of anilines is 2.